The highest BCUT2D eigenvalue weighted by Crippen LogP contribution is 2.33. The number of benzene rings is 2. The number of carbonyl (C=O) groups is 1. The Morgan fingerprint density at radius 1 is 1.09 bits per heavy atom. The van der Waals surface area contributed by atoms with E-state index in [2.05, 4.69) is 18.0 Å². The number of para-hydroxylation sites is 1. The van der Waals surface area contributed by atoms with E-state index in [-0.39, 0.29) is 12.5 Å². The molecule has 2 aromatic carbocycles. The minimum Gasteiger partial charge on any atom is -0.487 e. The van der Waals surface area contributed by atoms with E-state index in [1.165, 1.54) is 5.56 Å². The van der Waals surface area contributed by atoms with Crippen LogP contribution < -0.4 is 14.2 Å². The lowest BCUT2D eigenvalue weighted by Gasteiger charge is -2.18. The summed E-state index contributed by atoms with van der Waals surface area (Å²) in [6, 6.07) is 17.5. The van der Waals surface area contributed by atoms with Gasteiger partial charge in [-0.15, -0.1) is 0 Å². The number of carboxylic acid groups (broad SMARTS) is 1. The molecule has 0 aliphatic heterocycles. The van der Waals surface area contributed by atoms with Gasteiger partial charge in [0.2, 0.25) is 5.88 Å². The lowest BCUT2D eigenvalue weighted by atomic mass is 10.1. The van der Waals surface area contributed by atoms with Crippen LogP contribution >= 0.6 is 0 Å². The van der Waals surface area contributed by atoms with E-state index in [9.17, 15) is 4.79 Å². The SMILES string of the molecule is CCc1ccc(O[C@H](C)CCOc2cc(C)c(CCC(=O)O)cn2)c(Oc2ccccc2)c1. The molecule has 0 amide bonds. The molecule has 174 valence electrons. The van der Waals surface area contributed by atoms with Gasteiger partial charge in [-0.25, -0.2) is 4.98 Å². The number of aliphatic carboxylic acids is 1. The van der Waals surface area contributed by atoms with Gasteiger partial charge in [-0.1, -0.05) is 31.2 Å². The monoisotopic (exact) mass is 449 g/mol. The van der Waals surface area contributed by atoms with Gasteiger partial charge in [0.1, 0.15) is 5.75 Å². The molecule has 1 atom stereocenters. The van der Waals surface area contributed by atoms with Crippen LogP contribution in [0.2, 0.25) is 0 Å². The maximum atomic E-state index is 10.8. The molecule has 0 saturated carbocycles. The van der Waals surface area contributed by atoms with Crippen molar-refractivity contribution in [3.8, 4) is 23.1 Å². The van der Waals surface area contributed by atoms with E-state index in [0.717, 1.165) is 23.3 Å². The van der Waals surface area contributed by atoms with E-state index in [4.69, 9.17) is 19.3 Å². The standard InChI is InChI=1S/C27H31NO5/c1-4-21-10-12-24(25(17-21)33-23-8-6-5-7-9-23)32-20(3)14-15-31-26-16-19(2)22(18-28-26)11-13-27(29)30/h5-10,12,16-18,20H,4,11,13-15H2,1-3H3,(H,29,30)/t20-/m1/s1. The fourth-order valence-electron chi connectivity index (χ4n) is 3.31. The number of pyridine rings is 1. The number of aryl methyl sites for hydroxylation is 3. The number of aromatic nitrogens is 1. The molecule has 6 nitrogen and oxygen atoms in total. The molecular formula is C27H31NO5. The normalized spacial score (nSPS) is 11.6. The molecule has 0 aliphatic rings. The third-order valence-corrected chi connectivity index (χ3v) is 5.29. The summed E-state index contributed by atoms with van der Waals surface area (Å²) in [6.45, 7) is 6.49. The average molecular weight is 450 g/mol. The van der Waals surface area contributed by atoms with E-state index in [1.54, 1.807) is 6.20 Å². The van der Waals surface area contributed by atoms with Gasteiger partial charge in [-0.3, -0.25) is 4.79 Å². The van der Waals surface area contributed by atoms with E-state index in [0.29, 0.717) is 36.8 Å². The van der Waals surface area contributed by atoms with Crippen LogP contribution in [-0.4, -0.2) is 28.8 Å². The summed E-state index contributed by atoms with van der Waals surface area (Å²) in [7, 11) is 0. The molecule has 1 heterocycles. The number of hydrogen-bond donors (Lipinski definition) is 1. The highest BCUT2D eigenvalue weighted by Gasteiger charge is 2.12. The van der Waals surface area contributed by atoms with Gasteiger partial charge in [0, 0.05) is 25.1 Å². The first kappa shape index (κ1) is 24.1. The van der Waals surface area contributed by atoms with Crippen molar-refractivity contribution in [3.05, 3.63) is 77.5 Å². The van der Waals surface area contributed by atoms with Crippen molar-refractivity contribution in [1.82, 2.24) is 4.98 Å². The summed E-state index contributed by atoms with van der Waals surface area (Å²) >= 11 is 0. The lowest BCUT2D eigenvalue weighted by Crippen LogP contribution is -2.16. The van der Waals surface area contributed by atoms with Gasteiger partial charge < -0.3 is 19.3 Å². The van der Waals surface area contributed by atoms with Crippen molar-refractivity contribution in [3.63, 3.8) is 0 Å². The minimum atomic E-state index is -0.814. The molecule has 3 aromatic rings. The summed E-state index contributed by atoms with van der Waals surface area (Å²) in [4.78, 5) is 15.1. The number of rotatable bonds is 12. The highest BCUT2D eigenvalue weighted by molar-refractivity contribution is 5.67. The zero-order chi connectivity index (χ0) is 23.6. The van der Waals surface area contributed by atoms with Crippen LogP contribution in [0, 0.1) is 6.92 Å². The minimum absolute atomic E-state index is 0.0901. The number of carboxylic acids is 1. The number of nitrogens with zero attached hydrogens (tertiary/aromatic N) is 1. The summed E-state index contributed by atoms with van der Waals surface area (Å²) < 4.78 is 18.1. The van der Waals surface area contributed by atoms with Crippen molar-refractivity contribution in [1.29, 1.82) is 0 Å². The Labute approximate surface area is 195 Å². The van der Waals surface area contributed by atoms with Gasteiger partial charge >= 0.3 is 5.97 Å². The average Bonchev–Trinajstić information content (AvgIpc) is 2.80. The van der Waals surface area contributed by atoms with Gasteiger partial charge in [-0.05, 0) is 67.6 Å². The van der Waals surface area contributed by atoms with Gasteiger partial charge in [-0.2, -0.15) is 0 Å². The van der Waals surface area contributed by atoms with Crippen LogP contribution in [0.15, 0.2) is 60.8 Å². The van der Waals surface area contributed by atoms with E-state index < -0.39 is 5.97 Å². The van der Waals surface area contributed by atoms with Crippen molar-refractivity contribution in [2.24, 2.45) is 0 Å². The molecule has 1 N–H and O–H groups in total. The van der Waals surface area contributed by atoms with Crippen LogP contribution in [-0.2, 0) is 17.6 Å². The summed E-state index contributed by atoms with van der Waals surface area (Å²) in [5, 5.41) is 8.85. The van der Waals surface area contributed by atoms with Gasteiger partial charge in [0.25, 0.3) is 0 Å². The Hall–Kier alpha value is -3.54. The second kappa shape index (κ2) is 11.9. The second-order valence-corrected chi connectivity index (χ2v) is 7.96. The zero-order valence-corrected chi connectivity index (χ0v) is 19.4. The fraction of sp³-hybridized carbons (Fsp3) is 0.333. The molecule has 0 unspecified atom stereocenters. The van der Waals surface area contributed by atoms with Crippen LogP contribution in [0.25, 0.3) is 0 Å². The zero-order valence-electron chi connectivity index (χ0n) is 19.4. The Balaban J connectivity index is 1.56. The fourth-order valence-corrected chi connectivity index (χ4v) is 3.31. The van der Waals surface area contributed by atoms with Crippen molar-refractivity contribution >= 4 is 5.97 Å². The first-order chi connectivity index (χ1) is 15.9. The maximum Gasteiger partial charge on any atom is 0.303 e. The molecule has 0 spiro atoms. The summed E-state index contributed by atoms with van der Waals surface area (Å²) in [5.41, 5.74) is 3.07. The van der Waals surface area contributed by atoms with Crippen LogP contribution in [0.5, 0.6) is 23.1 Å². The molecule has 0 aliphatic carbocycles. The molecule has 0 radical (unpaired) electrons. The lowest BCUT2D eigenvalue weighted by molar-refractivity contribution is -0.136. The van der Waals surface area contributed by atoms with Gasteiger partial charge in [0.05, 0.1) is 12.7 Å². The molecule has 0 fully saturated rings. The Kier molecular flexibility index (Phi) is 8.70. The van der Waals surface area contributed by atoms with Gasteiger partial charge in [0.15, 0.2) is 11.5 Å². The van der Waals surface area contributed by atoms with E-state index in [1.807, 2.05) is 62.4 Å². The Bertz CT molecular complexity index is 1050. The molecule has 0 bridgehead atoms. The molecule has 1 aromatic heterocycles. The molecule has 6 heteroatoms. The van der Waals surface area contributed by atoms with Crippen molar-refractivity contribution in [2.45, 2.75) is 52.6 Å². The second-order valence-electron chi connectivity index (χ2n) is 7.96. The highest BCUT2D eigenvalue weighted by atomic mass is 16.5. The predicted molar refractivity (Wildman–Crippen MR) is 127 cm³/mol. The first-order valence-electron chi connectivity index (χ1n) is 11.3. The van der Waals surface area contributed by atoms with Crippen molar-refractivity contribution < 1.29 is 24.1 Å². The van der Waals surface area contributed by atoms with Crippen LogP contribution in [0.3, 0.4) is 0 Å². The Morgan fingerprint density at radius 2 is 1.88 bits per heavy atom. The number of ether oxygens (including phenoxy) is 3. The molecular weight excluding hydrogens is 418 g/mol. The maximum absolute atomic E-state index is 10.8. The largest absolute Gasteiger partial charge is 0.487 e. The summed E-state index contributed by atoms with van der Waals surface area (Å²) in [5.74, 6) is 1.87. The topological polar surface area (TPSA) is 77.9 Å². The van der Waals surface area contributed by atoms with Crippen molar-refractivity contribution in [2.75, 3.05) is 6.61 Å². The third-order valence-electron chi connectivity index (χ3n) is 5.29. The Morgan fingerprint density at radius 3 is 2.58 bits per heavy atom. The van der Waals surface area contributed by atoms with Crippen LogP contribution in [0.1, 0.15) is 43.4 Å². The molecule has 0 saturated heterocycles. The quantitative estimate of drug-likeness (QED) is 0.365. The first-order valence-corrected chi connectivity index (χ1v) is 11.3. The number of hydrogen-bond acceptors (Lipinski definition) is 5. The molecule has 3 rings (SSSR count). The van der Waals surface area contributed by atoms with E-state index >= 15 is 0 Å². The predicted octanol–water partition coefficient (Wildman–Crippen LogP) is 6.00. The van der Waals surface area contributed by atoms with Crippen LogP contribution in [0.4, 0.5) is 0 Å². The third kappa shape index (κ3) is 7.52. The molecule has 33 heavy (non-hydrogen) atoms. The summed E-state index contributed by atoms with van der Waals surface area (Å²) in [6.07, 6.45) is 3.73. The smallest absolute Gasteiger partial charge is 0.303 e.